The van der Waals surface area contributed by atoms with Crippen LogP contribution >= 0.6 is 0 Å². The Bertz CT molecular complexity index is 1290. The Morgan fingerprint density at radius 2 is 1.38 bits per heavy atom. The average molecular weight is 623 g/mol. The zero-order chi connectivity index (χ0) is 33.7. The van der Waals surface area contributed by atoms with E-state index in [1.165, 1.54) is 29.3 Å². The monoisotopic (exact) mass is 622 g/mol. The van der Waals surface area contributed by atoms with Gasteiger partial charge in [-0.25, -0.2) is 0 Å². The van der Waals surface area contributed by atoms with Crippen molar-refractivity contribution in [1.82, 2.24) is 0 Å². The van der Waals surface area contributed by atoms with Gasteiger partial charge in [0.05, 0.1) is 18.8 Å². The van der Waals surface area contributed by atoms with E-state index in [4.69, 9.17) is 19.7 Å². The molecule has 7 heteroatoms. The minimum Gasteiger partial charge on any atom is -0.508 e. The lowest BCUT2D eigenvalue weighted by Crippen LogP contribution is -2.25. The van der Waals surface area contributed by atoms with Crippen molar-refractivity contribution in [2.45, 2.75) is 91.6 Å². The third-order valence-corrected chi connectivity index (χ3v) is 7.93. The standard InChI is InChI=1S/C19H26O3.C10H16O.C9H12O3/c1-5-8-22-14-10-17(20)19(18(21)11-14)16-9-13(4)6-7-15(16)12(2)3;1-8(2)9-4-6-10(3,11)7-5-9;1-2-3-12-9-5-7(10)4-8(11)6-9/h9-11,15-16,20-21H,2,5-8H2,1,3-4H3;4,6,9,11H,1,5,7H2,2-3H3;4-6,10-11H,2-3H2,1H3/t15-,16?;9-,10?;/m00./s1. The van der Waals surface area contributed by atoms with Gasteiger partial charge in [-0.05, 0) is 78.1 Å². The van der Waals surface area contributed by atoms with Crippen LogP contribution in [-0.4, -0.2) is 44.3 Å². The van der Waals surface area contributed by atoms with Crippen molar-refractivity contribution >= 4 is 0 Å². The molecule has 0 saturated carbocycles. The Labute approximate surface area is 269 Å². The van der Waals surface area contributed by atoms with Crippen molar-refractivity contribution in [3.05, 3.63) is 84.0 Å². The van der Waals surface area contributed by atoms with Crippen molar-refractivity contribution in [2.24, 2.45) is 11.8 Å². The molecule has 7 nitrogen and oxygen atoms in total. The molecule has 2 aliphatic rings. The van der Waals surface area contributed by atoms with Gasteiger partial charge in [0.2, 0.25) is 0 Å². The zero-order valence-electron chi connectivity index (χ0n) is 28.0. The van der Waals surface area contributed by atoms with Gasteiger partial charge in [0.15, 0.2) is 0 Å². The lowest BCUT2D eigenvalue weighted by Gasteiger charge is -2.31. The quantitative estimate of drug-likeness (QED) is 0.177. The van der Waals surface area contributed by atoms with Crippen molar-refractivity contribution in [1.29, 1.82) is 0 Å². The van der Waals surface area contributed by atoms with Gasteiger partial charge in [-0.1, -0.05) is 62.0 Å². The van der Waals surface area contributed by atoms with Gasteiger partial charge >= 0.3 is 0 Å². The van der Waals surface area contributed by atoms with E-state index < -0.39 is 5.60 Å². The third-order valence-electron chi connectivity index (χ3n) is 7.93. The highest BCUT2D eigenvalue weighted by Crippen LogP contribution is 2.47. The number of hydrogen-bond donors (Lipinski definition) is 5. The summed E-state index contributed by atoms with van der Waals surface area (Å²) in [5.74, 6) is 1.90. The van der Waals surface area contributed by atoms with Crippen LogP contribution in [0.3, 0.4) is 0 Å². The molecule has 248 valence electrons. The predicted octanol–water partition coefficient (Wildman–Crippen LogP) is 9.07. The molecule has 0 saturated heterocycles. The van der Waals surface area contributed by atoms with E-state index in [1.54, 1.807) is 12.1 Å². The number of phenolic OH excluding ortho intramolecular Hbond substituents is 4. The molecule has 4 rings (SSSR count). The molecule has 0 amide bonds. The molecule has 0 heterocycles. The normalized spacial score (nSPS) is 22.1. The number of rotatable bonds is 9. The first-order valence-corrected chi connectivity index (χ1v) is 15.9. The Morgan fingerprint density at radius 3 is 1.82 bits per heavy atom. The number of allylic oxidation sites excluding steroid dienone is 5. The second-order valence-electron chi connectivity index (χ2n) is 12.5. The number of aromatic hydroxyl groups is 4. The first kappa shape index (κ1) is 37.3. The molecular weight excluding hydrogens is 568 g/mol. The fraction of sp³-hybridized carbons (Fsp3) is 0.474. The molecule has 0 fully saturated rings. The molecule has 2 unspecified atom stereocenters. The van der Waals surface area contributed by atoms with Crippen LogP contribution < -0.4 is 9.47 Å². The minimum absolute atomic E-state index is 0.0149. The fourth-order valence-electron chi connectivity index (χ4n) is 5.38. The van der Waals surface area contributed by atoms with Crippen molar-refractivity contribution in [3.8, 4) is 34.5 Å². The summed E-state index contributed by atoms with van der Waals surface area (Å²) in [7, 11) is 0. The summed E-state index contributed by atoms with van der Waals surface area (Å²) in [5.41, 5.74) is 3.56. The lowest BCUT2D eigenvalue weighted by molar-refractivity contribution is 0.0903. The van der Waals surface area contributed by atoms with Crippen LogP contribution in [0.25, 0.3) is 0 Å². The molecule has 2 aromatic carbocycles. The maximum absolute atomic E-state index is 10.4. The number of benzene rings is 2. The number of hydrogen-bond acceptors (Lipinski definition) is 7. The van der Waals surface area contributed by atoms with Gasteiger partial charge in [0.25, 0.3) is 0 Å². The lowest BCUT2D eigenvalue weighted by atomic mass is 9.74. The largest absolute Gasteiger partial charge is 0.508 e. The van der Waals surface area contributed by atoms with E-state index in [-0.39, 0.29) is 34.8 Å². The molecule has 4 atom stereocenters. The maximum atomic E-state index is 10.4. The van der Waals surface area contributed by atoms with Gasteiger partial charge in [-0.15, -0.1) is 0 Å². The highest BCUT2D eigenvalue weighted by Gasteiger charge is 2.30. The number of ether oxygens (including phenoxy) is 2. The molecular formula is C38H54O7. The maximum Gasteiger partial charge on any atom is 0.126 e. The molecule has 45 heavy (non-hydrogen) atoms. The summed E-state index contributed by atoms with van der Waals surface area (Å²) in [6.07, 6.45) is 11.8. The van der Waals surface area contributed by atoms with Crippen LogP contribution in [0.5, 0.6) is 34.5 Å². The van der Waals surface area contributed by atoms with Crippen LogP contribution in [-0.2, 0) is 0 Å². The molecule has 0 bridgehead atoms. The van der Waals surface area contributed by atoms with Crippen molar-refractivity contribution < 1.29 is 35.0 Å². The van der Waals surface area contributed by atoms with Crippen LogP contribution in [0.15, 0.2) is 78.4 Å². The van der Waals surface area contributed by atoms with E-state index >= 15 is 0 Å². The Balaban J connectivity index is 0.000000259. The Kier molecular flexibility index (Phi) is 14.6. The number of phenols is 4. The van der Waals surface area contributed by atoms with Crippen LogP contribution in [0, 0.1) is 11.8 Å². The average Bonchev–Trinajstić information content (AvgIpc) is 2.94. The zero-order valence-corrected chi connectivity index (χ0v) is 28.0. The van der Waals surface area contributed by atoms with Crippen LogP contribution in [0.4, 0.5) is 0 Å². The Morgan fingerprint density at radius 1 is 0.844 bits per heavy atom. The molecule has 0 aliphatic heterocycles. The third kappa shape index (κ3) is 12.2. The summed E-state index contributed by atoms with van der Waals surface area (Å²) in [6.45, 7) is 21.1. The van der Waals surface area contributed by atoms with Crippen molar-refractivity contribution in [2.75, 3.05) is 13.2 Å². The second-order valence-corrected chi connectivity index (χ2v) is 12.5. The smallest absolute Gasteiger partial charge is 0.126 e. The van der Waals surface area contributed by atoms with E-state index in [0.717, 1.165) is 44.1 Å². The SMILES string of the molecule is C=C(C)[C@@H]1CCC(C)=CC1c1c(O)cc(OCCC)cc1O.C=C(C)[C@H]1C=CC(C)(O)CC1.CCCOc1cc(O)cc(O)c1. The summed E-state index contributed by atoms with van der Waals surface area (Å²) in [5, 5.41) is 48.5. The Hall–Kier alpha value is -3.84. The van der Waals surface area contributed by atoms with E-state index in [9.17, 15) is 15.3 Å². The van der Waals surface area contributed by atoms with Gasteiger partial charge in [0, 0.05) is 41.8 Å². The molecule has 0 radical (unpaired) electrons. The van der Waals surface area contributed by atoms with Crippen LogP contribution in [0.2, 0.25) is 0 Å². The highest BCUT2D eigenvalue weighted by molar-refractivity contribution is 5.53. The summed E-state index contributed by atoms with van der Waals surface area (Å²) in [4.78, 5) is 0. The molecule has 0 spiro atoms. The number of aliphatic hydroxyl groups is 1. The van der Waals surface area contributed by atoms with E-state index in [1.807, 2.05) is 40.7 Å². The van der Waals surface area contributed by atoms with Crippen LogP contribution in [0.1, 0.15) is 91.5 Å². The van der Waals surface area contributed by atoms with E-state index in [0.29, 0.717) is 36.2 Å². The van der Waals surface area contributed by atoms with Gasteiger partial charge < -0.3 is 35.0 Å². The second kappa shape index (κ2) is 17.6. The first-order chi connectivity index (χ1) is 21.2. The van der Waals surface area contributed by atoms with Gasteiger partial charge in [-0.3, -0.25) is 0 Å². The topological polar surface area (TPSA) is 120 Å². The fourth-order valence-corrected chi connectivity index (χ4v) is 5.38. The molecule has 2 aromatic rings. The molecule has 0 aromatic heterocycles. The van der Waals surface area contributed by atoms with E-state index in [2.05, 4.69) is 32.2 Å². The van der Waals surface area contributed by atoms with Gasteiger partial charge in [-0.2, -0.15) is 0 Å². The summed E-state index contributed by atoms with van der Waals surface area (Å²) < 4.78 is 10.7. The van der Waals surface area contributed by atoms with Gasteiger partial charge in [0.1, 0.15) is 34.5 Å². The minimum atomic E-state index is -0.577. The highest BCUT2D eigenvalue weighted by atomic mass is 16.5. The summed E-state index contributed by atoms with van der Waals surface area (Å²) in [6, 6.07) is 7.39. The molecule has 5 N–H and O–H groups in total. The molecule has 2 aliphatic carbocycles. The van der Waals surface area contributed by atoms with Crippen molar-refractivity contribution in [3.63, 3.8) is 0 Å². The first-order valence-electron chi connectivity index (χ1n) is 15.9. The predicted molar refractivity (Wildman–Crippen MR) is 182 cm³/mol. The summed E-state index contributed by atoms with van der Waals surface area (Å²) >= 11 is 0.